The molecule has 0 radical (unpaired) electrons. The maximum absolute atomic E-state index is 11.8. The van der Waals surface area contributed by atoms with Crippen molar-refractivity contribution in [1.29, 1.82) is 0 Å². The van der Waals surface area contributed by atoms with E-state index in [2.05, 4.69) is 84.7 Å². The second-order valence-electron chi connectivity index (χ2n) is 8.69. The zero-order chi connectivity index (χ0) is 20.7. The molecular formula is C26H37ClN2O. The van der Waals surface area contributed by atoms with Gasteiger partial charge in [0.05, 0.1) is 0 Å². The van der Waals surface area contributed by atoms with E-state index in [9.17, 15) is 4.79 Å². The molecule has 1 fully saturated rings. The average molecular weight is 429 g/mol. The number of benzene rings is 2. The van der Waals surface area contributed by atoms with Crippen LogP contribution in [-0.4, -0.2) is 36.0 Å². The summed E-state index contributed by atoms with van der Waals surface area (Å²) < 4.78 is 0. The summed E-state index contributed by atoms with van der Waals surface area (Å²) in [6.45, 7) is 8.09. The van der Waals surface area contributed by atoms with Crippen LogP contribution >= 0.6 is 12.4 Å². The lowest BCUT2D eigenvalue weighted by molar-refractivity contribution is -0.119. The first-order valence-electron chi connectivity index (χ1n) is 11.1. The quantitative estimate of drug-likeness (QED) is 0.595. The van der Waals surface area contributed by atoms with Crippen molar-refractivity contribution in [3.8, 4) is 0 Å². The number of halogens is 1. The van der Waals surface area contributed by atoms with Crippen molar-refractivity contribution in [2.24, 2.45) is 0 Å². The van der Waals surface area contributed by atoms with Crippen LogP contribution in [0.2, 0.25) is 0 Å². The second-order valence-corrected chi connectivity index (χ2v) is 8.69. The van der Waals surface area contributed by atoms with Gasteiger partial charge in [0.1, 0.15) is 0 Å². The first-order valence-corrected chi connectivity index (χ1v) is 11.1. The number of amides is 1. The molecule has 1 saturated heterocycles. The van der Waals surface area contributed by atoms with Crippen LogP contribution in [0.1, 0.15) is 64.0 Å². The van der Waals surface area contributed by atoms with Crippen molar-refractivity contribution in [3.05, 3.63) is 71.8 Å². The predicted molar refractivity (Wildman–Crippen MR) is 128 cm³/mol. The van der Waals surface area contributed by atoms with Crippen LogP contribution < -0.4 is 5.32 Å². The first-order chi connectivity index (χ1) is 14.0. The number of rotatable bonds is 8. The van der Waals surface area contributed by atoms with Crippen LogP contribution in [0.3, 0.4) is 0 Å². The largest absolute Gasteiger partial charge is 0.355 e. The highest BCUT2D eigenvalue weighted by molar-refractivity contribution is 5.85. The van der Waals surface area contributed by atoms with Crippen molar-refractivity contribution in [1.82, 2.24) is 10.2 Å². The third kappa shape index (κ3) is 5.86. The molecule has 1 aliphatic heterocycles. The molecule has 1 N–H and O–H groups in total. The molecule has 0 spiro atoms. The smallest absolute Gasteiger partial charge is 0.216 e. The molecule has 2 atom stereocenters. The summed E-state index contributed by atoms with van der Waals surface area (Å²) in [7, 11) is 0. The molecule has 0 bridgehead atoms. The highest BCUT2D eigenvalue weighted by Gasteiger charge is 2.35. The Balaban J connectivity index is 0.00000320. The Labute approximate surface area is 188 Å². The Morgan fingerprint density at radius 1 is 0.967 bits per heavy atom. The number of carbonyl (C=O) groups excluding carboxylic acids is 1. The highest BCUT2D eigenvalue weighted by atomic mass is 35.5. The molecule has 0 aromatic heterocycles. The van der Waals surface area contributed by atoms with E-state index in [1.165, 1.54) is 30.4 Å². The van der Waals surface area contributed by atoms with E-state index < -0.39 is 0 Å². The molecule has 0 aliphatic carbocycles. The van der Waals surface area contributed by atoms with E-state index in [0.717, 1.165) is 19.4 Å². The van der Waals surface area contributed by atoms with Crippen LogP contribution in [0.4, 0.5) is 0 Å². The summed E-state index contributed by atoms with van der Waals surface area (Å²) in [4.78, 5) is 14.5. The van der Waals surface area contributed by atoms with Gasteiger partial charge in [0.25, 0.3) is 0 Å². The third-order valence-corrected chi connectivity index (χ3v) is 6.69. The lowest BCUT2D eigenvalue weighted by atomic mass is 9.71. The topological polar surface area (TPSA) is 32.3 Å². The van der Waals surface area contributed by atoms with E-state index in [1.807, 2.05) is 0 Å². The minimum Gasteiger partial charge on any atom is -0.355 e. The maximum atomic E-state index is 11.8. The van der Waals surface area contributed by atoms with E-state index in [0.29, 0.717) is 18.6 Å². The number of piperidine rings is 1. The van der Waals surface area contributed by atoms with Crippen molar-refractivity contribution in [3.63, 3.8) is 0 Å². The summed E-state index contributed by atoms with van der Waals surface area (Å²) in [6, 6.07) is 22.7. The molecule has 1 heterocycles. The molecular weight excluding hydrogens is 392 g/mol. The molecule has 4 heteroatoms. The zero-order valence-corrected chi connectivity index (χ0v) is 19.5. The second kappa shape index (κ2) is 11.5. The summed E-state index contributed by atoms with van der Waals surface area (Å²) in [5, 5.41) is 3.14. The molecule has 0 saturated carbocycles. The molecule has 2 unspecified atom stereocenters. The predicted octanol–water partition coefficient (Wildman–Crippen LogP) is 5.57. The third-order valence-electron chi connectivity index (χ3n) is 6.69. The van der Waals surface area contributed by atoms with E-state index >= 15 is 0 Å². The molecule has 1 aliphatic rings. The summed E-state index contributed by atoms with van der Waals surface area (Å²) in [5.41, 5.74) is 2.34. The van der Waals surface area contributed by atoms with Crippen LogP contribution in [0.15, 0.2) is 60.7 Å². The van der Waals surface area contributed by atoms with Gasteiger partial charge in [0, 0.05) is 31.0 Å². The Morgan fingerprint density at radius 3 is 1.93 bits per heavy atom. The van der Waals surface area contributed by atoms with Gasteiger partial charge >= 0.3 is 0 Å². The van der Waals surface area contributed by atoms with Gasteiger partial charge in [-0.2, -0.15) is 0 Å². The molecule has 2 aromatic rings. The van der Waals surface area contributed by atoms with Crippen LogP contribution in [0.25, 0.3) is 0 Å². The Kier molecular flexibility index (Phi) is 9.38. The van der Waals surface area contributed by atoms with Gasteiger partial charge in [0.2, 0.25) is 5.91 Å². The molecule has 30 heavy (non-hydrogen) atoms. The maximum Gasteiger partial charge on any atom is 0.216 e. The van der Waals surface area contributed by atoms with E-state index in [4.69, 9.17) is 0 Å². The fraction of sp³-hybridized carbons (Fsp3) is 0.500. The highest BCUT2D eigenvalue weighted by Crippen LogP contribution is 2.37. The first kappa shape index (κ1) is 24.4. The fourth-order valence-corrected chi connectivity index (χ4v) is 5.02. The number of nitrogens with zero attached hydrogens (tertiary/aromatic N) is 1. The summed E-state index contributed by atoms with van der Waals surface area (Å²) in [5.74, 6) is 0.0273. The number of hydrogen-bond donors (Lipinski definition) is 1. The Hall–Kier alpha value is -1.84. The minimum atomic E-state index is -0.212. The van der Waals surface area contributed by atoms with Gasteiger partial charge < -0.3 is 5.32 Å². The Bertz CT molecular complexity index is 716. The summed E-state index contributed by atoms with van der Waals surface area (Å²) >= 11 is 0. The molecule has 3 rings (SSSR count). The minimum absolute atomic E-state index is 0. The standard InChI is InChI=1S/C26H36N2O.ClH/c1-21-12-10-13-22(2)28(21)19-11-18-26(20-27-23(3)29,24-14-6-4-7-15-24)25-16-8-5-9-17-25;/h4-9,14-17,21-22H,10-13,18-20H2,1-3H3,(H,27,29);1H. The summed E-state index contributed by atoms with van der Waals surface area (Å²) in [6.07, 6.45) is 6.08. The van der Waals surface area contributed by atoms with Crippen LogP contribution in [0, 0.1) is 0 Å². The molecule has 1 amide bonds. The van der Waals surface area contributed by atoms with E-state index in [1.54, 1.807) is 6.92 Å². The van der Waals surface area contributed by atoms with Crippen molar-refractivity contribution in [2.75, 3.05) is 13.1 Å². The SMILES string of the molecule is CC(=O)NCC(CCCN1C(C)CCCC1C)(c1ccccc1)c1ccccc1.Cl. The lowest BCUT2D eigenvalue weighted by Crippen LogP contribution is -2.45. The number of hydrogen-bond acceptors (Lipinski definition) is 2. The van der Waals surface area contributed by atoms with E-state index in [-0.39, 0.29) is 23.7 Å². The van der Waals surface area contributed by atoms with Crippen LogP contribution in [-0.2, 0) is 10.2 Å². The van der Waals surface area contributed by atoms with Gasteiger partial charge in [-0.25, -0.2) is 0 Å². The zero-order valence-electron chi connectivity index (χ0n) is 18.6. The van der Waals surface area contributed by atoms with Gasteiger partial charge in [-0.05, 0) is 57.2 Å². The number of carbonyl (C=O) groups is 1. The average Bonchev–Trinajstić information content (AvgIpc) is 2.74. The van der Waals surface area contributed by atoms with Crippen LogP contribution in [0.5, 0.6) is 0 Å². The van der Waals surface area contributed by atoms with Gasteiger partial charge in [-0.1, -0.05) is 67.1 Å². The monoisotopic (exact) mass is 428 g/mol. The van der Waals surface area contributed by atoms with Gasteiger partial charge in [-0.15, -0.1) is 12.4 Å². The van der Waals surface area contributed by atoms with Gasteiger partial charge in [-0.3, -0.25) is 9.69 Å². The lowest BCUT2D eigenvalue weighted by Gasteiger charge is -2.41. The van der Waals surface area contributed by atoms with Crippen molar-refractivity contribution in [2.45, 2.75) is 70.4 Å². The van der Waals surface area contributed by atoms with Crippen molar-refractivity contribution >= 4 is 18.3 Å². The van der Waals surface area contributed by atoms with Gasteiger partial charge in [0.15, 0.2) is 0 Å². The number of likely N-dealkylation sites (tertiary alicyclic amines) is 1. The van der Waals surface area contributed by atoms with Crippen molar-refractivity contribution < 1.29 is 4.79 Å². The Morgan fingerprint density at radius 2 is 1.47 bits per heavy atom. The fourth-order valence-electron chi connectivity index (χ4n) is 5.02. The molecule has 2 aromatic carbocycles. The normalized spacial score (nSPS) is 19.7. The molecule has 3 nitrogen and oxygen atoms in total. The number of nitrogens with one attached hydrogen (secondary N) is 1. The molecule has 164 valence electrons.